The van der Waals surface area contributed by atoms with Gasteiger partial charge in [-0.15, -0.1) is 0 Å². The summed E-state index contributed by atoms with van der Waals surface area (Å²) in [6, 6.07) is 16.4. The van der Waals surface area contributed by atoms with Crippen LogP contribution in [0.5, 0.6) is 5.75 Å². The van der Waals surface area contributed by atoms with E-state index < -0.39 is 5.92 Å². The Labute approximate surface area is 139 Å². The van der Waals surface area contributed by atoms with E-state index in [2.05, 4.69) is 16.0 Å². The Morgan fingerprint density at radius 1 is 1.29 bits per heavy atom. The highest BCUT2D eigenvalue weighted by Crippen LogP contribution is 2.23. The molecule has 0 aliphatic heterocycles. The van der Waals surface area contributed by atoms with Gasteiger partial charge in [0.1, 0.15) is 11.6 Å². The lowest BCUT2D eigenvalue weighted by atomic mass is 9.98. The lowest BCUT2D eigenvalue weighted by Crippen LogP contribution is -2.13. The summed E-state index contributed by atoms with van der Waals surface area (Å²) in [5.74, 6) is -0.273. The van der Waals surface area contributed by atoms with Crippen LogP contribution >= 0.6 is 0 Å². The van der Waals surface area contributed by atoms with Crippen molar-refractivity contribution in [2.45, 2.75) is 19.3 Å². The Bertz CT molecular complexity index is 875. The maximum absolute atomic E-state index is 12.7. The van der Waals surface area contributed by atoms with Gasteiger partial charge in [-0.05, 0) is 30.7 Å². The van der Waals surface area contributed by atoms with Crippen molar-refractivity contribution in [3.8, 4) is 11.8 Å². The number of nitriles is 1. The molecule has 5 nitrogen and oxygen atoms in total. The number of Topliss-reactive ketones (excluding diaryl/α,β-unsaturated/α-hetero) is 1. The Balaban J connectivity index is 1.90. The number of hydrogen-bond acceptors (Lipinski definition) is 4. The number of ketones is 1. The third-order valence-electron chi connectivity index (χ3n) is 3.66. The zero-order chi connectivity index (χ0) is 16.9. The van der Waals surface area contributed by atoms with Gasteiger partial charge in [-0.2, -0.15) is 5.26 Å². The number of rotatable bonds is 6. The number of aromatic amines is 1. The highest BCUT2D eigenvalue weighted by Gasteiger charge is 2.25. The number of nitrogens with one attached hydrogen (secondary N) is 1. The van der Waals surface area contributed by atoms with E-state index in [4.69, 9.17) is 4.74 Å². The van der Waals surface area contributed by atoms with E-state index >= 15 is 0 Å². The van der Waals surface area contributed by atoms with Crippen LogP contribution in [0.3, 0.4) is 0 Å². The molecular formula is C19H17N3O2. The van der Waals surface area contributed by atoms with Crippen LogP contribution in [0.15, 0.2) is 48.5 Å². The molecule has 0 spiro atoms. The number of benzene rings is 2. The molecule has 0 radical (unpaired) electrons. The zero-order valence-corrected chi connectivity index (χ0v) is 13.3. The minimum Gasteiger partial charge on any atom is -0.494 e. The number of fused-ring (bicyclic) bond motifs is 1. The van der Waals surface area contributed by atoms with E-state index in [0.29, 0.717) is 23.7 Å². The molecule has 0 amide bonds. The fraction of sp³-hybridized carbons (Fsp3) is 0.211. The molecule has 1 aromatic heterocycles. The molecule has 3 aromatic rings. The Morgan fingerprint density at radius 2 is 2.12 bits per heavy atom. The molecule has 1 N–H and O–H groups in total. The molecule has 0 saturated heterocycles. The average Bonchev–Trinajstić information content (AvgIpc) is 3.04. The molecule has 1 heterocycles. The van der Waals surface area contributed by atoms with E-state index in [-0.39, 0.29) is 5.78 Å². The molecular weight excluding hydrogens is 302 g/mol. The predicted molar refractivity (Wildman–Crippen MR) is 91.0 cm³/mol. The minimum atomic E-state index is -0.973. The molecule has 2 aromatic carbocycles. The number of carbonyl (C=O) groups excluding carboxylic acids is 1. The fourth-order valence-corrected chi connectivity index (χ4v) is 2.48. The molecule has 1 atom stereocenters. The Kier molecular flexibility index (Phi) is 4.57. The van der Waals surface area contributed by atoms with Crippen molar-refractivity contribution < 1.29 is 9.53 Å². The van der Waals surface area contributed by atoms with E-state index in [1.165, 1.54) is 0 Å². The summed E-state index contributed by atoms with van der Waals surface area (Å²) in [4.78, 5) is 20.2. The topological polar surface area (TPSA) is 78.8 Å². The third-order valence-corrected chi connectivity index (χ3v) is 3.66. The number of H-pyrrole nitrogens is 1. The van der Waals surface area contributed by atoms with Crippen molar-refractivity contribution in [1.29, 1.82) is 5.26 Å². The molecule has 0 bridgehead atoms. The van der Waals surface area contributed by atoms with Gasteiger partial charge >= 0.3 is 0 Å². The summed E-state index contributed by atoms with van der Waals surface area (Å²) in [6.45, 7) is 2.60. The number of ether oxygens (including phenoxy) is 1. The van der Waals surface area contributed by atoms with Gasteiger partial charge in [-0.3, -0.25) is 4.79 Å². The molecule has 120 valence electrons. The molecule has 0 fully saturated rings. The summed E-state index contributed by atoms with van der Waals surface area (Å²) in [7, 11) is 0. The summed E-state index contributed by atoms with van der Waals surface area (Å²) in [5, 5.41) is 9.48. The first-order valence-corrected chi connectivity index (χ1v) is 7.84. The maximum atomic E-state index is 12.7. The highest BCUT2D eigenvalue weighted by atomic mass is 16.5. The first kappa shape index (κ1) is 15.8. The summed E-state index contributed by atoms with van der Waals surface area (Å²) >= 11 is 0. The number of aromatic nitrogens is 2. The van der Waals surface area contributed by atoms with Gasteiger partial charge < -0.3 is 9.72 Å². The highest BCUT2D eigenvalue weighted by molar-refractivity contribution is 6.02. The maximum Gasteiger partial charge on any atom is 0.187 e. The minimum absolute atomic E-state index is 0.293. The average molecular weight is 319 g/mol. The van der Waals surface area contributed by atoms with Crippen LogP contribution in [-0.4, -0.2) is 22.4 Å². The largest absolute Gasteiger partial charge is 0.494 e. The zero-order valence-electron chi connectivity index (χ0n) is 13.3. The standard InChI is InChI=1S/C19H17N3O2/c1-2-10-24-14-7-5-6-13(11-14)18(23)15(12-20)19-21-16-8-3-4-9-17(16)22-19/h3-9,11,15H,2,10H2,1H3,(H,21,22). The summed E-state index contributed by atoms with van der Waals surface area (Å²) in [5.41, 5.74) is 1.98. The number of imidazole rings is 1. The lowest BCUT2D eigenvalue weighted by molar-refractivity contribution is 0.0976. The van der Waals surface area contributed by atoms with Crippen LogP contribution < -0.4 is 4.74 Å². The van der Waals surface area contributed by atoms with Crippen LogP contribution in [0.1, 0.15) is 35.4 Å². The smallest absolute Gasteiger partial charge is 0.187 e. The Morgan fingerprint density at radius 3 is 2.88 bits per heavy atom. The second-order valence-electron chi connectivity index (χ2n) is 5.44. The molecule has 0 saturated carbocycles. The van der Waals surface area contributed by atoms with E-state index in [0.717, 1.165) is 17.5 Å². The van der Waals surface area contributed by atoms with Gasteiger partial charge in [-0.1, -0.05) is 31.2 Å². The molecule has 24 heavy (non-hydrogen) atoms. The van der Waals surface area contributed by atoms with Crippen LogP contribution in [0.25, 0.3) is 11.0 Å². The fourth-order valence-electron chi connectivity index (χ4n) is 2.48. The molecule has 3 rings (SSSR count). The third kappa shape index (κ3) is 3.13. The van der Waals surface area contributed by atoms with E-state index in [1.807, 2.05) is 31.2 Å². The van der Waals surface area contributed by atoms with Gasteiger partial charge in [0, 0.05) is 5.56 Å². The van der Waals surface area contributed by atoms with Gasteiger partial charge in [0.15, 0.2) is 11.7 Å². The first-order valence-electron chi connectivity index (χ1n) is 7.84. The number of carbonyl (C=O) groups is 1. The number of hydrogen-bond donors (Lipinski definition) is 1. The summed E-state index contributed by atoms with van der Waals surface area (Å²) < 4.78 is 5.55. The van der Waals surface area contributed by atoms with Gasteiger partial charge in [0.25, 0.3) is 0 Å². The monoisotopic (exact) mass is 319 g/mol. The second kappa shape index (κ2) is 6.97. The quantitative estimate of drug-likeness (QED) is 0.700. The molecule has 0 aliphatic carbocycles. The SMILES string of the molecule is CCCOc1cccc(C(=O)C(C#N)c2nc3ccccc3[nH]2)c1. The van der Waals surface area contributed by atoms with E-state index in [9.17, 15) is 10.1 Å². The molecule has 5 heteroatoms. The molecule has 0 aliphatic rings. The van der Waals surface area contributed by atoms with Gasteiger partial charge in [-0.25, -0.2) is 4.98 Å². The predicted octanol–water partition coefficient (Wildman–Crippen LogP) is 3.84. The van der Waals surface area contributed by atoms with Crippen molar-refractivity contribution in [2.75, 3.05) is 6.61 Å². The van der Waals surface area contributed by atoms with Crippen LogP contribution in [-0.2, 0) is 0 Å². The lowest BCUT2D eigenvalue weighted by Gasteiger charge is -2.08. The van der Waals surface area contributed by atoms with Crippen LogP contribution in [0.2, 0.25) is 0 Å². The number of para-hydroxylation sites is 2. The summed E-state index contributed by atoms with van der Waals surface area (Å²) in [6.07, 6.45) is 0.887. The first-order chi connectivity index (χ1) is 11.7. The molecule has 1 unspecified atom stereocenters. The van der Waals surface area contributed by atoms with Crippen molar-refractivity contribution in [2.24, 2.45) is 0 Å². The van der Waals surface area contributed by atoms with Crippen molar-refractivity contribution in [3.05, 3.63) is 59.9 Å². The van der Waals surface area contributed by atoms with Crippen molar-refractivity contribution in [3.63, 3.8) is 0 Å². The van der Waals surface area contributed by atoms with Crippen LogP contribution in [0.4, 0.5) is 0 Å². The Hall–Kier alpha value is -3.13. The van der Waals surface area contributed by atoms with Gasteiger partial charge in [0.2, 0.25) is 0 Å². The van der Waals surface area contributed by atoms with E-state index in [1.54, 1.807) is 24.3 Å². The van der Waals surface area contributed by atoms with Crippen LogP contribution in [0, 0.1) is 11.3 Å². The van der Waals surface area contributed by atoms with Crippen molar-refractivity contribution >= 4 is 16.8 Å². The van der Waals surface area contributed by atoms with Crippen molar-refractivity contribution in [1.82, 2.24) is 9.97 Å². The number of nitrogens with zero attached hydrogens (tertiary/aromatic N) is 2. The normalized spacial score (nSPS) is 11.8. The van der Waals surface area contributed by atoms with Gasteiger partial charge in [0.05, 0.1) is 23.7 Å². The second-order valence-corrected chi connectivity index (χ2v) is 5.44.